The van der Waals surface area contributed by atoms with E-state index in [1.165, 1.54) is 16.7 Å². The molecule has 0 saturated heterocycles. The third-order valence-corrected chi connectivity index (χ3v) is 3.99. The summed E-state index contributed by atoms with van der Waals surface area (Å²) >= 11 is 5.13. The first-order valence-corrected chi connectivity index (χ1v) is 6.64. The smallest absolute Gasteiger partial charge is 0.0718 e. The first-order valence-electron chi connectivity index (χ1n) is 4.97. The summed E-state index contributed by atoms with van der Waals surface area (Å²) in [5, 5.41) is 2.11. The number of hydrogen-bond donors (Lipinski definition) is 2. The second kappa shape index (κ2) is 5.10. The van der Waals surface area contributed by atoms with Crippen LogP contribution in [0, 0.1) is 6.92 Å². The number of thiophene rings is 1. The zero-order valence-electron chi connectivity index (χ0n) is 8.91. The van der Waals surface area contributed by atoms with Gasteiger partial charge in [0.1, 0.15) is 0 Å². The number of rotatable bonds is 3. The molecule has 0 saturated carbocycles. The molecule has 0 aliphatic carbocycles. The highest BCUT2D eigenvalue weighted by Gasteiger charge is 2.13. The van der Waals surface area contributed by atoms with Gasteiger partial charge in [-0.15, -0.1) is 11.3 Å². The maximum Gasteiger partial charge on any atom is 0.0718 e. The van der Waals surface area contributed by atoms with Gasteiger partial charge in [-0.3, -0.25) is 5.84 Å². The lowest BCUT2D eigenvalue weighted by Crippen LogP contribution is -2.28. The standard InChI is InChI=1S/C12H13BrN2S/c1-8-3-2-4-9(5-8)12(15-14)10-6-11(13)16-7-10/h2-7,12,15H,14H2,1H3. The van der Waals surface area contributed by atoms with Crippen molar-refractivity contribution in [1.29, 1.82) is 0 Å². The minimum atomic E-state index is 0.0578. The van der Waals surface area contributed by atoms with Crippen molar-refractivity contribution in [3.63, 3.8) is 0 Å². The maximum absolute atomic E-state index is 5.64. The molecule has 16 heavy (non-hydrogen) atoms. The zero-order chi connectivity index (χ0) is 11.5. The minimum Gasteiger partial charge on any atom is -0.271 e. The fraction of sp³-hybridized carbons (Fsp3) is 0.167. The molecule has 2 nitrogen and oxygen atoms in total. The molecule has 0 amide bonds. The van der Waals surface area contributed by atoms with E-state index in [1.54, 1.807) is 11.3 Å². The second-order valence-corrected chi connectivity index (χ2v) is 5.99. The van der Waals surface area contributed by atoms with E-state index in [1.807, 2.05) is 0 Å². The molecule has 4 heteroatoms. The Morgan fingerprint density at radius 1 is 1.31 bits per heavy atom. The molecule has 0 fully saturated rings. The molecule has 3 N–H and O–H groups in total. The number of halogens is 1. The third kappa shape index (κ3) is 2.52. The van der Waals surface area contributed by atoms with Crippen LogP contribution in [0.1, 0.15) is 22.7 Å². The highest BCUT2D eigenvalue weighted by atomic mass is 79.9. The molecule has 1 aromatic carbocycles. The summed E-state index contributed by atoms with van der Waals surface area (Å²) in [7, 11) is 0. The molecular formula is C12H13BrN2S. The average molecular weight is 297 g/mol. The summed E-state index contributed by atoms with van der Waals surface area (Å²) in [5.41, 5.74) is 6.48. The van der Waals surface area contributed by atoms with E-state index >= 15 is 0 Å². The van der Waals surface area contributed by atoms with E-state index in [2.05, 4.69) is 64.0 Å². The predicted molar refractivity (Wildman–Crippen MR) is 72.4 cm³/mol. The Kier molecular flexibility index (Phi) is 3.76. The summed E-state index contributed by atoms with van der Waals surface area (Å²) in [6.07, 6.45) is 0. The van der Waals surface area contributed by atoms with Gasteiger partial charge in [-0.2, -0.15) is 0 Å². The molecule has 1 atom stereocenters. The number of aryl methyl sites for hydroxylation is 1. The van der Waals surface area contributed by atoms with E-state index < -0.39 is 0 Å². The number of nitrogens with two attached hydrogens (primary N) is 1. The van der Waals surface area contributed by atoms with E-state index in [0.29, 0.717) is 0 Å². The second-order valence-electron chi connectivity index (χ2n) is 3.70. The third-order valence-electron chi connectivity index (χ3n) is 2.46. The monoisotopic (exact) mass is 296 g/mol. The van der Waals surface area contributed by atoms with Gasteiger partial charge >= 0.3 is 0 Å². The first-order chi connectivity index (χ1) is 7.70. The van der Waals surface area contributed by atoms with Crippen molar-refractivity contribution in [3.05, 3.63) is 56.2 Å². The Hall–Kier alpha value is -0.680. The highest BCUT2D eigenvalue weighted by molar-refractivity contribution is 9.11. The Morgan fingerprint density at radius 2 is 2.12 bits per heavy atom. The lowest BCUT2D eigenvalue weighted by molar-refractivity contribution is 0.638. The number of hydrazine groups is 1. The maximum atomic E-state index is 5.64. The van der Waals surface area contributed by atoms with Gasteiger partial charge in [0.2, 0.25) is 0 Å². The van der Waals surface area contributed by atoms with Crippen LogP contribution in [0.3, 0.4) is 0 Å². The normalized spacial score (nSPS) is 12.7. The highest BCUT2D eigenvalue weighted by Crippen LogP contribution is 2.29. The predicted octanol–water partition coefficient (Wildman–Crippen LogP) is 3.37. The van der Waals surface area contributed by atoms with Gasteiger partial charge in [-0.25, -0.2) is 5.43 Å². The number of benzene rings is 1. The fourth-order valence-corrected chi connectivity index (χ4v) is 2.91. The van der Waals surface area contributed by atoms with Crippen LogP contribution < -0.4 is 11.3 Å². The van der Waals surface area contributed by atoms with Gasteiger partial charge in [0.05, 0.1) is 9.83 Å². The van der Waals surface area contributed by atoms with Crippen LogP contribution in [0.5, 0.6) is 0 Å². The van der Waals surface area contributed by atoms with Crippen LogP contribution in [0.4, 0.5) is 0 Å². The molecule has 0 aliphatic heterocycles. The summed E-state index contributed by atoms with van der Waals surface area (Å²) in [4.78, 5) is 0. The topological polar surface area (TPSA) is 38.0 Å². The zero-order valence-corrected chi connectivity index (χ0v) is 11.3. The van der Waals surface area contributed by atoms with E-state index in [-0.39, 0.29) is 6.04 Å². The van der Waals surface area contributed by atoms with Crippen molar-refractivity contribution in [2.45, 2.75) is 13.0 Å². The van der Waals surface area contributed by atoms with Crippen LogP contribution in [0.15, 0.2) is 39.5 Å². The van der Waals surface area contributed by atoms with Gasteiger partial charge in [-0.1, -0.05) is 29.8 Å². The number of hydrogen-bond acceptors (Lipinski definition) is 3. The summed E-state index contributed by atoms with van der Waals surface area (Å²) in [5.74, 6) is 5.64. The molecule has 2 rings (SSSR count). The average Bonchev–Trinajstić information content (AvgIpc) is 2.66. The molecule has 1 aromatic heterocycles. The Balaban J connectivity index is 2.36. The fourth-order valence-electron chi connectivity index (χ4n) is 1.71. The van der Waals surface area contributed by atoms with Crippen LogP contribution in [-0.4, -0.2) is 0 Å². The molecule has 0 aliphatic rings. The molecule has 2 aromatic rings. The van der Waals surface area contributed by atoms with E-state index in [4.69, 9.17) is 5.84 Å². The summed E-state index contributed by atoms with van der Waals surface area (Å²) < 4.78 is 1.12. The number of nitrogens with one attached hydrogen (secondary N) is 1. The lowest BCUT2D eigenvalue weighted by atomic mass is 10.0. The van der Waals surface area contributed by atoms with Gasteiger partial charge in [-0.05, 0) is 45.4 Å². The summed E-state index contributed by atoms with van der Waals surface area (Å²) in [6.45, 7) is 2.08. The van der Waals surface area contributed by atoms with Crippen molar-refractivity contribution in [1.82, 2.24) is 5.43 Å². The molecule has 1 heterocycles. The lowest BCUT2D eigenvalue weighted by Gasteiger charge is -2.15. The van der Waals surface area contributed by atoms with E-state index in [9.17, 15) is 0 Å². The molecular weight excluding hydrogens is 284 g/mol. The van der Waals surface area contributed by atoms with Crippen molar-refractivity contribution >= 4 is 27.3 Å². The van der Waals surface area contributed by atoms with Gasteiger partial charge in [0, 0.05) is 0 Å². The van der Waals surface area contributed by atoms with Crippen LogP contribution in [-0.2, 0) is 0 Å². The van der Waals surface area contributed by atoms with Crippen molar-refractivity contribution in [2.75, 3.05) is 0 Å². The molecule has 0 spiro atoms. The Labute approximate surface area is 108 Å². The Morgan fingerprint density at radius 3 is 2.69 bits per heavy atom. The summed E-state index contributed by atoms with van der Waals surface area (Å²) in [6, 6.07) is 10.5. The van der Waals surface area contributed by atoms with Gasteiger partial charge in [0.25, 0.3) is 0 Å². The largest absolute Gasteiger partial charge is 0.271 e. The van der Waals surface area contributed by atoms with Gasteiger partial charge < -0.3 is 0 Å². The van der Waals surface area contributed by atoms with Crippen molar-refractivity contribution < 1.29 is 0 Å². The van der Waals surface area contributed by atoms with Crippen LogP contribution in [0.25, 0.3) is 0 Å². The molecule has 0 bridgehead atoms. The van der Waals surface area contributed by atoms with Gasteiger partial charge in [0.15, 0.2) is 0 Å². The molecule has 0 radical (unpaired) electrons. The van der Waals surface area contributed by atoms with Crippen LogP contribution >= 0.6 is 27.3 Å². The first kappa shape index (κ1) is 11.8. The van der Waals surface area contributed by atoms with Crippen molar-refractivity contribution in [2.24, 2.45) is 5.84 Å². The molecule has 1 unspecified atom stereocenters. The van der Waals surface area contributed by atoms with E-state index in [0.717, 1.165) is 3.79 Å². The quantitative estimate of drug-likeness (QED) is 0.673. The van der Waals surface area contributed by atoms with Crippen molar-refractivity contribution in [3.8, 4) is 0 Å². The minimum absolute atomic E-state index is 0.0578. The molecule has 84 valence electrons. The Bertz CT molecular complexity index is 481. The SMILES string of the molecule is Cc1cccc(C(NN)c2csc(Br)c2)c1. The van der Waals surface area contributed by atoms with Crippen LogP contribution in [0.2, 0.25) is 0 Å².